The minimum Gasteiger partial charge on any atom is -0.468 e. The van der Waals surface area contributed by atoms with E-state index < -0.39 is 0 Å². The lowest BCUT2D eigenvalue weighted by Gasteiger charge is -2.35. The average Bonchev–Trinajstić information content (AvgIpc) is 2.35. The van der Waals surface area contributed by atoms with Gasteiger partial charge in [-0.3, -0.25) is 9.69 Å². The molecule has 0 aliphatic carbocycles. The van der Waals surface area contributed by atoms with Gasteiger partial charge in [0.05, 0.1) is 7.11 Å². The Balaban J connectivity index is 2.34. The molecule has 1 fully saturated rings. The molecule has 1 N–H and O–H groups in total. The molecule has 1 rings (SSSR count). The summed E-state index contributed by atoms with van der Waals surface area (Å²) in [6.07, 6.45) is 0. The summed E-state index contributed by atoms with van der Waals surface area (Å²) in [6.45, 7) is 8.27. The molecule has 0 aromatic rings. The van der Waals surface area contributed by atoms with Crippen molar-refractivity contribution in [2.75, 3.05) is 53.4 Å². The number of carbonyl (C=O) groups is 1. The summed E-state index contributed by atoms with van der Waals surface area (Å²) in [6, 6.07) is -0.210. The first-order valence-corrected chi connectivity index (χ1v) is 5.91. The first-order valence-electron chi connectivity index (χ1n) is 5.91. The number of nitrogens with one attached hydrogen (secondary N) is 1. The van der Waals surface area contributed by atoms with Crippen molar-refractivity contribution in [3.05, 3.63) is 0 Å². The first-order chi connectivity index (χ1) is 7.71. The molecule has 0 aromatic carbocycles. The van der Waals surface area contributed by atoms with Gasteiger partial charge in [0.2, 0.25) is 0 Å². The number of nitrogens with zero attached hydrogens (tertiary/aromatic N) is 2. The minimum atomic E-state index is -0.210. The van der Waals surface area contributed by atoms with Gasteiger partial charge >= 0.3 is 5.97 Å². The molecule has 0 saturated carbocycles. The number of rotatable bonds is 5. The zero-order chi connectivity index (χ0) is 12.0. The van der Waals surface area contributed by atoms with Gasteiger partial charge in [-0.15, -0.1) is 0 Å². The third kappa shape index (κ3) is 3.73. The van der Waals surface area contributed by atoms with Crippen molar-refractivity contribution in [1.29, 1.82) is 0 Å². The fraction of sp³-hybridized carbons (Fsp3) is 0.909. The molecular weight excluding hydrogens is 206 g/mol. The molecule has 94 valence electrons. The van der Waals surface area contributed by atoms with Crippen LogP contribution in [0.1, 0.15) is 6.92 Å². The molecule has 0 spiro atoms. The maximum absolute atomic E-state index is 11.4. The number of piperazine rings is 1. The Bertz CT molecular complexity index is 215. The third-order valence-corrected chi connectivity index (χ3v) is 3.19. The number of hydrogen-bond acceptors (Lipinski definition) is 5. The number of likely N-dealkylation sites (N-methyl/N-ethyl adjacent to an activating group) is 2. The SMILES string of the molecule is CCN1CCN(CC(NC)C(=O)OC)CC1. The number of carbonyl (C=O) groups excluding carboxylic acids is 1. The number of methoxy groups -OCH3 is 1. The van der Waals surface area contributed by atoms with E-state index in [1.165, 1.54) is 7.11 Å². The Morgan fingerprint density at radius 2 is 1.88 bits per heavy atom. The van der Waals surface area contributed by atoms with Gasteiger partial charge in [0.15, 0.2) is 0 Å². The fourth-order valence-corrected chi connectivity index (χ4v) is 1.97. The molecule has 16 heavy (non-hydrogen) atoms. The van der Waals surface area contributed by atoms with E-state index in [2.05, 4.69) is 22.0 Å². The highest BCUT2D eigenvalue weighted by atomic mass is 16.5. The van der Waals surface area contributed by atoms with Crippen LogP contribution in [0.4, 0.5) is 0 Å². The molecule has 1 saturated heterocycles. The van der Waals surface area contributed by atoms with Gasteiger partial charge in [0.1, 0.15) is 6.04 Å². The van der Waals surface area contributed by atoms with Crippen LogP contribution in [0.5, 0.6) is 0 Å². The van der Waals surface area contributed by atoms with E-state index in [9.17, 15) is 4.79 Å². The third-order valence-electron chi connectivity index (χ3n) is 3.19. The Morgan fingerprint density at radius 3 is 2.31 bits per heavy atom. The van der Waals surface area contributed by atoms with Crippen LogP contribution in [0.2, 0.25) is 0 Å². The smallest absolute Gasteiger partial charge is 0.324 e. The van der Waals surface area contributed by atoms with E-state index in [1.807, 2.05) is 0 Å². The maximum Gasteiger partial charge on any atom is 0.324 e. The lowest BCUT2D eigenvalue weighted by atomic mass is 10.2. The highest BCUT2D eigenvalue weighted by Gasteiger charge is 2.23. The van der Waals surface area contributed by atoms with Crippen LogP contribution in [0.3, 0.4) is 0 Å². The quantitative estimate of drug-likeness (QED) is 0.637. The molecule has 1 atom stereocenters. The highest BCUT2D eigenvalue weighted by Crippen LogP contribution is 2.02. The van der Waals surface area contributed by atoms with Gasteiger partial charge in [-0.05, 0) is 13.6 Å². The van der Waals surface area contributed by atoms with E-state index in [1.54, 1.807) is 7.05 Å². The zero-order valence-corrected chi connectivity index (χ0v) is 10.5. The Hall–Kier alpha value is -0.650. The molecule has 5 heteroatoms. The van der Waals surface area contributed by atoms with Crippen molar-refractivity contribution in [3.63, 3.8) is 0 Å². The summed E-state index contributed by atoms with van der Waals surface area (Å²) in [5.74, 6) is -0.180. The number of ether oxygens (including phenoxy) is 1. The normalized spacial score (nSPS) is 20.7. The van der Waals surface area contributed by atoms with Gasteiger partial charge in [-0.1, -0.05) is 6.92 Å². The van der Waals surface area contributed by atoms with Crippen molar-refractivity contribution in [2.24, 2.45) is 0 Å². The summed E-state index contributed by atoms with van der Waals surface area (Å²) in [4.78, 5) is 16.1. The minimum absolute atomic E-state index is 0.180. The fourth-order valence-electron chi connectivity index (χ4n) is 1.97. The van der Waals surface area contributed by atoms with E-state index in [-0.39, 0.29) is 12.0 Å². The molecule has 1 aliphatic heterocycles. The molecule has 0 bridgehead atoms. The predicted octanol–water partition coefficient (Wildman–Crippen LogP) is -0.615. The van der Waals surface area contributed by atoms with Gasteiger partial charge in [-0.25, -0.2) is 0 Å². The Kier molecular flexibility index (Phi) is 5.73. The van der Waals surface area contributed by atoms with Crippen LogP contribution < -0.4 is 5.32 Å². The summed E-state index contributed by atoms with van der Waals surface area (Å²) in [5, 5.41) is 3.00. The van der Waals surface area contributed by atoms with E-state index in [4.69, 9.17) is 4.74 Å². The lowest BCUT2D eigenvalue weighted by Crippen LogP contribution is -2.52. The Morgan fingerprint density at radius 1 is 1.31 bits per heavy atom. The standard InChI is InChI=1S/C11H23N3O2/c1-4-13-5-7-14(8-6-13)9-10(12-2)11(15)16-3/h10,12H,4-9H2,1-3H3. The second kappa shape index (κ2) is 6.83. The van der Waals surface area contributed by atoms with E-state index >= 15 is 0 Å². The molecule has 5 nitrogen and oxygen atoms in total. The van der Waals surface area contributed by atoms with Crippen LogP contribution in [0, 0.1) is 0 Å². The van der Waals surface area contributed by atoms with Crippen molar-refractivity contribution < 1.29 is 9.53 Å². The second-order valence-corrected chi connectivity index (χ2v) is 4.10. The largest absolute Gasteiger partial charge is 0.468 e. The molecule has 0 aromatic heterocycles. The summed E-state index contributed by atoms with van der Waals surface area (Å²) >= 11 is 0. The number of esters is 1. The molecule has 0 radical (unpaired) electrons. The van der Waals surface area contributed by atoms with Crippen molar-refractivity contribution >= 4 is 5.97 Å². The molecule has 1 aliphatic rings. The molecule has 0 amide bonds. The lowest BCUT2D eigenvalue weighted by molar-refractivity contribution is -0.143. The van der Waals surface area contributed by atoms with Crippen LogP contribution in [-0.4, -0.2) is 75.2 Å². The molecular formula is C11H23N3O2. The van der Waals surface area contributed by atoms with Gasteiger partial charge in [0, 0.05) is 32.7 Å². The second-order valence-electron chi connectivity index (χ2n) is 4.10. The molecule has 1 unspecified atom stereocenters. The van der Waals surface area contributed by atoms with Crippen molar-refractivity contribution in [2.45, 2.75) is 13.0 Å². The van der Waals surface area contributed by atoms with E-state index in [0.717, 1.165) is 39.3 Å². The van der Waals surface area contributed by atoms with Crippen molar-refractivity contribution in [3.8, 4) is 0 Å². The monoisotopic (exact) mass is 229 g/mol. The highest BCUT2D eigenvalue weighted by molar-refractivity contribution is 5.75. The zero-order valence-electron chi connectivity index (χ0n) is 10.5. The topological polar surface area (TPSA) is 44.8 Å². The number of hydrogen-bond donors (Lipinski definition) is 1. The maximum atomic E-state index is 11.4. The van der Waals surface area contributed by atoms with Crippen LogP contribution in [0.15, 0.2) is 0 Å². The molecule has 1 heterocycles. The van der Waals surface area contributed by atoms with E-state index in [0.29, 0.717) is 0 Å². The van der Waals surface area contributed by atoms with Gasteiger partial charge < -0.3 is 15.0 Å². The van der Waals surface area contributed by atoms with Crippen LogP contribution in [0.25, 0.3) is 0 Å². The predicted molar refractivity (Wildman–Crippen MR) is 63.4 cm³/mol. The summed E-state index contributed by atoms with van der Waals surface area (Å²) in [5.41, 5.74) is 0. The summed E-state index contributed by atoms with van der Waals surface area (Å²) in [7, 11) is 3.23. The van der Waals surface area contributed by atoms with Crippen LogP contribution >= 0.6 is 0 Å². The average molecular weight is 229 g/mol. The van der Waals surface area contributed by atoms with Crippen LogP contribution in [-0.2, 0) is 9.53 Å². The Labute approximate surface area is 97.7 Å². The van der Waals surface area contributed by atoms with Crippen molar-refractivity contribution in [1.82, 2.24) is 15.1 Å². The summed E-state index contributed by atoms with van der Waals surface area (Å²) < 4.78 is 4.75. The van der Waals surface area contributed by atoms with Gasteiger partial charge in [0.25, 0.3) is 0 Å². The first kappa shape index (κ1) is 13.4. The van der Waals surface area contributed by atoms with Gasteiger partial charge in [-0.2, -0.15) is 0 Å².